The van der Waals surface area contributed by atoms with Gasteiger partial charge in [-0.25, -0.2) is 0 Å². The van der Waals surface area contributed by atoms with E-state index in [4.69, 9.17) is 9.84 Å². The molecule has 6 heteroatoms. The molecule has 0 radical (unpaired) electrons. The Morgan fingerprint density at radius 2 is 2.12 bits per heavy atom. The molecular formula is C11H17NO5. The van der Waals surface area contributed by atoms with E-state index in [0.29, 0.717) is 19.4 Å². The van der Waals surface area contributed by atoms with Crippen LogP contribution >= 0.6 is 0 Å². The van der Waals surface area contributed by atoms with Gasteiger partial charge in [-0.1, -0.05) is 12.2 Å². The molecule has 1 amide bonds. The van der Waals surface area contributed by atoms with Gasteiger partial charge in [0.05, 0.1) is 6.61 Å². The number of amides is 1. The van der Waals surface area contributed by atoms with Crippen molar-refractivity contribution in [3.8, 4) is 0 Å². The molecule has 2 aliphatic heterocycles. The summed E-state index contributed by atoms with van der Waals surface area (Å²) in [6.07, 6.45) is 0.714. The zero-order valence-corrected chi connectivity index (χ0v) is 9.40. The first-order chi connectivity index (χ1) is 8.15. The van der Waals surface area contributed by atoms with Gasteiger partial charge in [-0.2, -0.15) is 0 Å². The Bertz CT molecular complexity index is 319. The molecule has 1 saturated heterocycles. The Labute approximate surface area is 99.1 Å². The standard InChI is InChI=1S/C11H17NO5/c13-6-7-9(15)10(16)11(17-7)12-5-3-1-2-4-8(12)14/h1,3,7,9-11,13,15-16H,2,4-6H2/t7-,9-,10-,11-/m1/s1. The van der Waals surface area contributed by atoms with Gasteiger partial charge in [-0.3, -0.25) is 4.79 Å². The number of carbonyl (C=O) groups is 1. The molecular weight excluding hydrogens is 226 g/mol. The van der Waals surface area contributed by atoms with Gasteiger partial charge < -0.3 is 25.0 Å². The molecule has 0 aromatic rings. The number of hydrogen-bond acceptors (Lipinski definition) is 5. The molecule has 0 aromatic carbocycles. The third-order valence-electron chi connectivity index (χ3n) is 3.14. The third-order valence-corrected chi connectivity index (χ3v) is 3.14. The zero-order chi connectivity index (χ0) is 12.4. The molecule has 6 nitrogen and oxygen atoms in total. The molecule has 2 aliphatic rings. The molecule has 17 heavy (non-hydrogen) atoms. The van der Waals surface area contributed by atoms with Gasteiger partial charge in [0.2, 0.25) is 5.91 Å². The Morgan fingerprint density at radius 3 is 2.76 bits per heavy atom. The maximum absolute atomic E-state index is 11.8. The van der Waals surface area contributed by atoms with Crippen LogP contribution in [0.4, 0.5) is 0 Å². The minimum atomic E-state index is -1.18. The lowest BCUT2D eigenvalue weighted by Gasteiger charge is -2.28. The molecule has 2 rings (SSSR count). The summed E-state index contributed by atoms with van der Waals surface area (Å²) in [5, 5.41) is 28.4. The highest BCUT2D eigenvalue weighted by atomic mass is 16.6. The largest absolute Gasteiger partial charge is 0.394 e. The first kappa shape index (κ1) is 12.5. The van der Waals surface area contributed by atoms with Crippen LogP contribution in [-0.2, 0) is 9.53 Å². The van der Waals surface area contributed by atoms with Crippen LogP contribution in [0.25, 0.3) is 0 Å². The van der Waals surface area contributed by atoms with Gasteiger partial charge in [0, 0.05) is 13.0 Å². The second-order valence-corrected chi connectivity index (χ2v) is 4.29. The van der Waals surface area contributed by atoms with E-state index in [0.717, 1.165) is 0 Å². The molecule has 0 aromatic heterocycles. The first-order valence-electron chi connectivity index (χ1n) is 5.72. The molecule has 96 valence electrons. The lowest BCUT2D eigenvalue weighted by Crippen LogP contribution is -2.47. The number of aliphatic hydroxyl groups is 3. The Balaban J connectivity index is 2.11. The Hall–Kier alpha value is -0.950. The maximum Gasteiger partial charge on any atom is 0.225 e. The summed E-state index contributed by atoms with van der Waals surface area (Å²) in [6.45, 7) is -0.0297. The summed E-state index contributed by atoms with van der Waals surface area (Å²) in [5.41, 5.74) is 0. The summed E-state index contributed by atoms with van der Waals surface area (Å²) in [7, 11) is 0. The second kappa shape index (κ2) is 5.14. The van der Waals surface area contributed by atoms with Crippen molar-refractivity contribution in [2.45, 2.75) is 37.4 Å². The predicted octanol–water partition coefficient (Wildman–Crippen LogP) is -1.40. The van der Waals surface area contributed by atoms with Gasteiger partial charge in [0.1, 0.15) is 18.3 Å². The van der Waals surface area contributed by atoms with E-state index in [1.54, 1.807) is 0 Å². The number of hydrogen-bond donors (Lipinski definition) is 3. The number of carbonyl (C=O) groups excluding carboxylic acids is 1. The molecule has 1 fully saturated rings. The average molecular weight is 243 g/mol. The van der Waals surface area contributed by atoms with Crippen LogP contribution in [0, 0.1) is 0 Å². The van der Waals surface area contributed by atoms with Crippen LogP contribution in [0.5, 0.6) is 0 Å². The number of aliphatic hydroxyl groups excluding tert-OH is 3. The maximum atomic E-state index is 11.8. The number of nitrogens with zero attached hydrogens (tertiary/aromatic N) is 1. The molecule has 2 heterocycles. The van der Waals surface area contributed by atoms with Crippen LogP contribution in [-0.4, -0.2) is 63.8 Å². The Kier molecular flexibility index (Phi) is 3.78. The van der Waals surface area contributed by atoms with Gasteiger partial charge in [0.25, 0.3) is 0 Å². The van der Waals surface area contributed by atoms with Gasteiger partial charge in [0.15, 0.2) is 6.23 Å². The molecule has 3 N–H and O–H groups in total. The van der Waals surface area contributed by atoms with E-state index < -0.39 is 24.5 Å². The monoisotopic (exact) mass is 243 g/mol. The normalized spacial score (nSPS) is 38.5. The van der Waals surface area contributed by atoms with E-state index in [2.05, 4.69) is 0 Å². The minimum absolute atomic E-state index is 0.121. The van der Waals surface area contributed by atoms with Gasteiger partial charge in [-0.15, -0.1) is 0 Å². The lowest BCUT2D eigenvalue weighted by molar-refractivity contribution is -0.151. The summed E-state index contributed by atoms with van der Waals surface area (Å²) in [5.74, 6) is -0.121. The SMILES string of the molecule is O=C1CCC=CCN1[C@@H]1O[C@H](CO)[C@@H](O)[C@H]1O. The van der Waals surface area contributed by atoms with Crippen LogP contribution < -0.4 is 0 Å². The number of allylic oxidation sites excluding steroid dienone is 1. The van der Waals surface area contributed by atoms with Crippen LogP contribution in [0.1, 0.15) is 12.8 Å². The van der Waals surface area contributed by atoms with E-state index in [-0.39, 0.29) is 12.5 Å². The summed E-state index contributed by atoms with van der Waals surface area (Å²) in [6, 6.07) is 0. The van der Waals surface area contributed by atoms with Crippen LogP contribution in [0.15, 0.2) is 12.2 Å². The van der Waals surface area contributed by atoms with Crippen molar-refractivity contribution in [3.63, 3.8) is 0 Å². The van der Waals surface area contributed by atoms with E-state index in [9.17, 15) is 15.0 Å². The third kappa shape index (κ3) is 2.35. The fourth-order valence-corrected chi connectivity index (χ4v) is 2.14. The van der Waals surface area contributed by atoms with E-state index >= 15 is 0 Å². The lowest BCUT2D eigenvalue weighted by atomic mass is 10.1. The molecule has 4 atom stereocenters. The zero-order valence-electron chi connectivity index (χ0n) is 9.40. The fraction of sp³-hybridized carbons (Fsp3) is 0.727. The van der Waals surface area contributed by atoms with Crippen molar-refractivity contribution in [1.29, 1.82) is 0 Å². The van der Waals surface area contributed by atoms with Crippen LogP contribution in [0.3, 0.4) is 0 Å². The van der Waals surface area contributed by atoms with Crippen molar-refractivity contribution >= 4 is 5.91 Å². The van der Waals surface area contributed by atoms with Crippen molar-refractivity contribution in [2.24, 2.45) is 0 Å². The quantitative estimate of drug-likeness (QED) is 0.519. The average Bonchev–Trinajstić information content (AvgIpc) is 2.51. The van der Waals surface area contributed by atoms with E-state index in [1.807, 2.05) is 12.2 Å². The van der Waals surface area contributed by atoms with Crippen molar-refractivity contribution < 1.29 is 24.9 Å². The smallest absolute Gasteiger partial charge is 0.225 e. The Morgan fingerprint density at radius 1 is 1.35 bits per heavy atom. The molecule has 0 spiro atoms. The minimum Gasteiger partial charge on any atom is -0.394 e. The molecule has 0 unspecified atom stereocenters. The van der Waals surface area contributed by atoms with E-state index in [1.165, 1.54) is 4.90 Å². The summed E-state index contributed by atoms with van der Waals surface area (Å²) < 4.78 is 5.32. The fourth-order valence-electron chi connectivity index (χ4n) is 2.14. The summed E-state index contributed by atoms with van der Waals surface area (Å²) in [4.78, 5) is 13.2. The molecule has 0 saturated carbocycles. The molecule has 0 bridgehead atoms. The van der Waals surface area contributed by atoms with Crippen LogP contribution in [0.2, 0.25) is 0 Å². The highest BCUT2D eigenvalue weighted by molar-refractivity contribution is 5.77. The summed E-state index contributed by atoms with van der Waals surface area (Å²) >= 11 is 0. The highest BCUT2D eigenvalue weighted by Crippen LogP contribution is 2.25. The molecule has 0 aliphatic carbocycles. The number of rotatable bonds is 2. The first-order valence-corrected chi connectivity index (χ1v) is 5.72. The van der Waals surface area contributed by atoms with Gasteiger partial charge >= 0.3 is 0 Å². The topological polar surface area (TPSA) is 90.2 Å². The second-order valence-electron chi connectivity index (χ2n) is 4.29. The van der Waals surface area contributed by atoms with Crippen molar-refractivity contribution in [2.75, 3.05) is 13.2 Å². The predicted molar refractivity (Wildman–Crippen MR) is 57.8 cm³/mol. The highest BCUT2D eigenvalue weighted by Gasteiger charge is 2.46. The van der Waals surface area contributed by atoms with Crippen molar-refractivity contribution in [1.82, 2.24) is 4.90 Å². The van der Waals surface area contributed by atoms with Crippen molar-refractivity contribution in [3.05, 3.63) is 12.2 Å². The number of ether oxygens (including phenoxy) is 1. The van der Waals surface area contributed by atoms with Gasteiger partial charge in [-0.05, 0) is 6.42 Å².